The Kier molecular flexibility index (Phi) is 5.56. The molecule has 1 saturated heterocycles. The van der Waals surface area contributed by atoms with Crippen LogP contribution in [-0.2, 0) is 4.74 Å². The Labute approximate surface area is 132 Å². The van der Waals surface area contributed by atoms with E-state index in [1.54, 1.807) is 0 Å². The van der Waals surface area contributed by atoms with Crippen LogP contribution >= 0.6 is 12.2 Å². The molecule has 0 aromatic heterocycles. The van der Waals surface area contributed by atoms with Gasteiger partial charge in [0.25, 0.3) is 0 Å². The fraction of sp³-hybridized carbons (Fsp3) is 0.562. The van der Waals surface area contributed by atoms with Crippen LogP contribution in [0.4, 0.5) is 0 Å². The fourth-order valence-electron chi connectivity index (χ4n) is 2.49. The molecule has 0 atom stereocenters. The van der Waals surface area contributed by atoms with Gasteiger partial charge in [0.05, 0.1) is 19.8 Å². The summed E-state index contributed by atoms with van der Waals surface area (Å²) >= 11 is 4.97. The van der Waals surface area contributed by atoms with E-state index in [-0.39, 0.29) is 5.54 Å². The number of nitrogens with zero attached hydrogens (tertiary/aromatic N) is 1. The van der Waals surface area contributed by atoms with E-state index in [0.29, 0.717) is 11.6 Å². The Morgan fingerprint density at radius 1 is 1.48 bits per heavy atom. The third kappa shape index (κ3) is 4.66. The van der Waals surface area contributed by atoms with E-state index in [1.807, 2.05) is 24.3 Å². The minimum atomic E-state index is 0.115. The normalized spacial score (nSPS) is 18.4. The second-order valence-electron chi connectivity index (χ2n) is 5.95. The molecule has 5 heteroatoms. The maximum absolute atomic E-state index is 5.78. The van der Waals surface area contributed by atoms with Gasteiger partial charge >= 0.3 is 0 Å². The summed E-state index contributed by atoms with van der Waals surface area (Å²) in [5.74, 6) is 0.821. The number of hydrogen-bond donors (Lipinski definition) is 1. The summed E-state index contributed by atoms with van der Waals surface area (Å²) in [6.07, 6.45) is 0.987. The van der Waals surface area contributed by atoms with E-state index in [9.17, 15) is 0 Å². The van der Waals surface area contributed by atoms with Crippen molar-refractivity contribution in [2.75, 3.05) is 32.9 Å². The van der Waals surface area contributed by atoms with E-state index in [4.69, 9.17) is 27.4 Å². The zero-order valence-electron chi connectivity index (χ0n) is 12.8. The number of ether oxygens (including phenoxy) is 2. The molecule has 0 radical (unpaired) electrons. The lowest BCUT2D eigenvalue weighted by atomic mass is 10.0. The molecule has 1 fully saturated rings. The molecule has 21 heavy (non-hydrogen) atoms. The Hall–Kier alpha value is -1.17. The monoisotopic (exact) mass is 308 g/mol. The van der Waals surface area contributed by atoms with Crippen molar-refractivity contribution in [3.63, 3.8) is 0 Å². The molecule has 4 nitrogen and oxygen atoms in total. The second kappa shape index (κ2) is 7.20. The molecular formula is C16H24N2O2S. The third-order valence-corrected chi connectivity index (χ3v) is 4.01. The Bertz CT molecular complexity index is 491. The number of benzene rings is 1. The molecule has 116 valence electrons. The number of rotatable bonds is 6. The molecule has 1 aromatic carbocycles. The van der Waals surface area contributed by atoms with Crippen molar-refractivity contribution in [2.45, 2.75) is 25.8 Å². The van der Waals surface area contributed by atoms with Gasteiger partial charge in [0.15, 0.2) is 0 Å². The molecular weight excluding hydrogens is 284 g/mol. The lowest BCUT2D eigenvalue weighted by Crippen LogP contribution is -2.53. The average molecular weight is 308 g/mol. The Morgan fingerprint density at radius 3 is 3.00 bits per heavy atom. The lowest BCUT2D eigenvalue weighted by molar-refractivity contribution is -0.0521. The lowest BCUT2D eigenvalue weighted by Gasteiger charge is -2.42. The van der Waals surface area contributed by atoms with E-state index in [2.05, 4.69) is 18.7 Å². The Balaban J connectivity index is 1.77. The van der Waals surface area contributed by atoms with Gasteiger partial charge < -0.3 is 15.2 Å². The molecule has 1 aliphatic rings. The molecule has 1 aromatic rings. The first-order valence-corrected chi connectivity index (χ1v) is 7.75. The molecule has 0 aliphatic carbocycles. The summed E-state index contributed by atoms with van der Waals surface area (Å²) in [5, 5.41) is 0. The summed E-state index contributed by atoms with van der Waals surface area (Å²) in [7, 11) is 0. The predicted molar refractivity (Wildman–Crippen MR) is 88.9 cm³/mol. The molecule has 2 N–H and O–H groups in total. The number of thiocarbonyl (C=S) groups is 1. The SMILES string of the molecule is CC1(C)COCCN1CCCOc1cccc(C(N)=S)c1. The van der Waals surface area contributed by atoms with Gasteiger partial charge in [0.2, 0.25) is 0 Å². The standard InChI is InChI=1S/C16H24N2O2S/c1-16(2)12-19-10-8-18(16)7-4-9-20-14-6-3-5-13(11-14)15(17)21/h3,5-6,11H,4,7-10,12H2,1-2H3,(H2,17,21). The van der Waals surface area contributed by atoms with E-state index >= 15 is 0 Å². The predicted octanol–water partition coefficient (Wildman–Crippen LogP) is 2.20. The van der Waals surface area contributed by atoms with Crippen molar-refractivity contribution in [3.8, 4) is 5.75 Å². The van der Waals surface area contributed by atoms with Gasteiger partial charge in [0, 0.05) is 24.2 Å². The van der Waals surface area contributed by atoms with Crippen LogP contribution in [0.3, 0.4) is 0 Å². The quantitative estimate of drug-likeness (QED) is 0.645. The molecule has 0 spiro atoms. The van der Waals surface area contributed by atoms with Crippen molar-refractivity contribution in [2.24, 2.45) is 5.73 Å². The highest BCUT2D eigenvalue weighted by molar-refractivity contribution is 7.80. The first-order chi connectivity index (χ1) is 9.99. The van der Waals surface area contributed by atoms with E-state index in [0.717, 1.165) is 44.0 Å². The van der Waals surface area contributed by atoms with E-state index < -0.39 is 0 Å². The van der Waals surface area contributed by atoms with Gasteiger partial charge in [-0.05, 0) is 32.4 Å². The zero-order valence-corrected chi connectivity index (χ0v) is 13.6. The summed E-state index contributed by atoms with van der Waals surface area (Å²) in [5.41, 5.74) is 6.58. The molecule has 0 bridgehead atoms. The van der Waals surface area contributed by atoms with Gasteiger partial charge in [-0.25, -0.2) is 0 Å². The average Bonchev–Trinajstić information content (AvgIpc) is 2.45. The van der Waals surface area contributed by atoms with Gasteiger partial charge in [-0.3, -0.25) is 4.90 Å². The number of nitrogens with two attached hydrogens (primary N) is 1. The highest BCUT2D eigenvalue weighted by atomic mass is 32.1. The van der Waals surface area contributed by atoms with Crippen molar-refractivity contribution in [1.29, 1.82) is 0 Å². The van der Waals surface area contributed by atoms with Crippen LogP contribution in [0.1, 0.15) is 25.8 Å². The van der Waals surface area contributed by atoms with Crippen LogP contribution in [-0.4, -0.2) is 48.3 Å². The van der Waals surface area contributed by atoms with E-state index in [1.165, 1.54) is 0 Å². The van der Waals surface area contributed by atoms with Crippen molar-refractivity contribution < 1.29 is 9.47 Å². The highest BCUT2D eigenvalue weighted by Crippen LogP contribution is 2.19. The Morgan fingerprint density at radius 2 is 2.29 bits per heavy atom. The van der Waals surface area contributed by atoms with Crippen molar-refractivity contribution in [3.05, 3.63) is 29.8 Å². The molecule has 0 unspecified atom stereocenters. The van der Waals surface area contributed by atoms with Gasteiger partial charge in [-0.2, -0.15) is 0 Å². The minimum Gasteiger partial charge on any atom is -0.494 e. The van der Waals surface area contributed by atoms with Gasteiger partial charge in [0.1, 0.15) is 10.7 Å². The fourth-order valence-corrected chi connectivity index (χ4v) is 2.62. The third-order valence-electron chi connectivity index (χ3n) is 3.78. The largest absolute Gasteiger partial charge is 0.494 e. The molecule has 2 rings (SSSR count). The molecule has 0 saturated carbocycles. The van der Waals surface area contributed by atoms with Gasteiger partial charge in [-0.1, -0.05) is 24.4 Å². The molecule has 1 aliphatic heterocycles. The zero-order chi connectivity index (χ0) is 15.3. The number of hydrogen-bond acceptors (Lipinski definition) is 4. The number of morpholine rings is 1. The first kappa shape index (κ1) is 16.2. The highest BCUT2D eigenvalue weighted by Gasteiger charge is 2.29. The van der Waals surface area contributed by atoms with Crippen LogP contribution in [0, 0.1) is 0 Å². The maximum atomic E-state index is 5.78. The summed E-state index contributed by atoms with van der Waals surface area (Å²) in [4.78, 5) is 2.86. The van der Waals surface area contributed by atoms with Crippen LogP contribution < -0.4 is 10.5 Å². The first-order valence-electron chi connectivity index (χ1n) is 7.34. The smallest absolute Gasteiger partial charge is 0.119 e. The summed E-state index contributed by atoms with van der Waals surface area (Å²) in [6.45, 7) is 8.75. The second-order valence-corrected chi connectivity index (χ2v) is 6.39. The van der Waals surface area contributed by atoms with Gasteiger partial charge in [-0.15, -0.1) is 0 Å². The van der Waals surface area contributed by atoms with Crippen LogP contribution in [0.5, 0.6) is 5.75 Å². The maximum Gasteiger partial charge on any atom is 0.119 e. The van der Waals surface area contributed by atoms with Crippen LogP contribution in [0.25, 0.3) is 0 Å². The summed E-state index contributed by atoms with van der Waals surface area (Å²) in [6, 6.07) is 7.63. The van der Waals surface area contributed by atoms with Crippen molar-refractivity contribution >= 4 is 17.2 Å². The summed E-state index contributed by atoms with van der Waals surface area (Å²) < 4.78 is 11.3. The molecule has 1 heterocycles. The minimum absolute atomic E-state index is 0.115. The topological polar surface area (TPSA) is 47.7 Å². The van der Waals surface area contributed by atoms with Crippen molar-refractivity contribution in [1.82, 2.24) is 4.90 Å². The molecule has 0 amide bonds. The van der Waals surface area contributed by atoms with Crippen LogP contribution in [0.15, 0.2) is 24.3 Å². The van der Waals surface area contributed by atoms with Crippen LogP contribution in [0.2, 0.25) is 0 Å².